The molecule has 3 rings (SSSR count). The van der Waals surface area contributed by atoms with E-state index in [0.29, 0.717) is 32.5 Å². The Morgan fingerprint density at radius 1 is 1.13 bits per heavy atom. The Kier molecular flexibility index (Phi) is 7.05. The predicted octanol–water partition coefficient (Wildman–Crippen LogP) is 4.33. The average molecular weight is 415 g/mol. The molecule has 0 aliphatic carbocycles. The number of rotatable bonds is 9. The molecule has 7 heteroatoms. The Bertz CT molecular complexity index is 1070. The van der Waals surface area contributed by atoms with Crippen molar-refractivity contribution in [1.29, 1.82) is 0 Å². The third-order valence-corrected chi connectivity index (χ3v) is 4.89. The summed E-state index contributed by atoms with van der Waals surface area (Å²) in [5, 5.41) is 2.65. The molecule has 2 aromatic carbocycles. The molecule has 5 nitrogen and oxygen atoms in total. The van der Waals surface area contributed by atoms with Gasteiger partial charge in [0.15, 0.2) is 17.1 Å². The number of halogens is 2. The van der Waals surface area contributed by atoms with E-state index in [1.807, 2.05) is 44.2 Å². The first-order chi connectivity index (χ1) is 14.4. The fourth-order valence-electron chi connectivity index (χ4n) is 3.37. The van der Waals surface area contributed by atoms with Gasteiger partial charge in [0.25, 0.3) is 0 Å². The smallest absolute Gasteiger partial charge is 0.191 e. The number of nitrogens with one attached hydrogen (secondary N) is 1. The minimum atomic E-state index is -0.942. The van der Waals surface area contributed by atoms with Gasteiger partial charge < -0.3 is 20.4 Å². The van der Waals surface area contributed by atoms with E-state index in [4.69, 9.17) is 10.5 Å². The van der Waals surface area contributed by atoms with Gasteiger partial charge in [0.2, 0.25) is 0 Å². The lowest BCUT2D eigenvalue weighted by Gasteiger charge is -2.17. The van der Waals surface area contributed by atoms with Crippen LogP contribution in [0.25, 0.3) is 10.9 Å². The predicted molar refractivity (Wildman–Crippen MR) is 117 cm³/mol. The molecule has 0 amide bonds. The van der Waals surface area contributed by atoms with Crippen molar-refractivity contribution in [3.05, 3.63) is 70.0 Å². The average Bonchev–Trinajstić information content (AvgIpc) is 2.73. The summed E-state index contributed by atoms with van der Waals surface area (Å²) in [7, 11) is 0. The Morgan fingerprint density at radius 2 is 1.87 bits per heavy atom. The molecule has 0 atom stereocenters. The van der Waals surface area contributed by atoms with Gasteiger partial charge >= 0.3 is 0 Å². The molecule has 0 saturated carbocycles. The van der Waals surface area contributed by atoms with Crippen LogP contribution in [-0.4, -0.2) is 23.8 Å². The van der Waals surface area contributed by atoms with Crippen LogP contribution in [0.2, 0.25) is 0 Å². The zero-order chi connectivity index (χ0) is 21.7. The van der Waals surface area contributed by atoms with Gasteiger partial charge in [0.1, 0.15) is 5.69 Å². The lowest BCUT2D eigenvalue weighted by Crippen LogP contribution is -2.17. The number of nitrogen functional groups attached to an aromatic ring is 1. The minimum absolute atomic E-state index is 0.0123. The number of hydrogen-bond donors (Lipinski definition) is 2. The second-order valence-electron chi connectivity index (χ2n) is 7.45. The fourth-order valence-corrected chi connectivity index (χ4v) is 3.37. The summed E-state index contributed by atoms with van der Waals surface area (Å²) >= 11 is 0. The van der Waals surface area contributed by atoms with Crippen molar-refractivity contribution in [3.63, 3.8) is 0 Å². The van der Waals surface area contributed by atoms with E-state index >= 15 is 4.39 Å². The maximum atomic E-state index is 15.4. The van der Waals surface area contributed by atoms with Gasteiger partial charge in [0, 0.05) is 32.0 Å². The number of benzene rings is 2. The Balaban J connectivity index is 1.93. The van der Waals surface area contributed by atoms with Crippen molar-refractivity contribution < 1.29 is 13.5 Å². The molecule has 0 saturated heterocycles. The van der Waals surface area contributed by atoms with E-state index in [1.54, 1.807) is 4.57 Å². The molecule has 30 heavy (non-hydrogen) atoms. The summed E-state index contributed by atoms with van der Waals surface area (Å²) < 4.78 is 37.2. The molecule has 0 bridgehead atoms. The van der Waals surface area contributed by atoms with Crippen LogP contribution in [0, 0.1) is 11.6 Å². The van der Waals surface area contributed by atoms with Crippen molar-refractivity contribution in [3.8, 4) is 0 Å². The van der Waals surface area contributed by atoms with Gasteiger partial charge in [-0.3, -0.25) is 4.79 Å². The minimum Gasteiger partial charge on any atom is -0.396 e. The summed E-state index contributed by atoms with van der Waals surface area (Å²) in [6.07, 6.45) is 2.82. The Hall–Kier alpha value is -2.93. The number of ether oxygens (including phenoxy) is 1. The molecular formula is C23H27F2N3O2. The van der Waals surface area contributed by atoms with E-state index in [9.17, 15) is 9.18 Å². The first kappa shape index (κ1) is 21.8. The number of nitrogens with two attached hydrogens (primary N) is 1. The van der Waals surface area contributed by atoms with Crippen molar-refractivity contribution in [2.75, 3.05) is 24.2 Å². The van der Waals surface area contributed by atoms with Crippen LogP contribution in [0.4, 0.5) is 20.2 Å². The van der Waals surface area contributed by atoms with Gasteiger partial charge in [-0.2, -0.15) is 0 Å². The molecule has 0 aliphatic heterocycles. The largest absolute Gasteiger partial charge is 0.396 e. The van der Waals surface area contributed by atoms with Crippen LogP contribution >= 0.6 is 0 Å². The van der Waals surface area contributed by atoms with Crippen LogP contribution in [-0.2, 0) is 17.7 Å². The van der Waals surface area contributed by atoms with Crippen molar-refractivity contribution in [2.24, 2.45) is 0 Å². The first-order valence-electron chi connectivity index (χ1n) is 10.1. The zero-order valence-electron chi connectivity index (χ0n) is 17.3. The SMILES string of the molecule is CC(C)OCCCNc1c(F)c(N)c2c(=O)ccn(CCc3ccccc3)c2c1F. The van der Waals surface area contributed by atoms with E-state index in [-0.39, 0.29) is 28.4 Å². The summed E-state index contributed by atoms with van der Waals surface area (Å²) in [6, 6.07) is 11.0. The van der Waals surface area contributed by atoms with Crippen molar-refractivity contribution in [2.45, 2.75) is 39.3 Å². The number of pyridine rings is 1. The zero-order valence-corrected chi connectivity index (χ0v) is 17.3. The highest BCUT2D eigenvalue weighted by atomic mass is 19.1. The molecule has 3 N–H and O–H groups in total. The van der Waals surface area contributed by atoms with Crippen LogP contribution in [0.5, 0.6) is 0 Å². The molecule has 3 aromatic rings. The Labute approximate surface area is 174 Å². The highest BCUT2D eigenvalue weighted by Crippen LogP contribution is 2.32. The fraction of sp³-hybridized carbons (Fsp3) is 0.348. The molecule has 1 heterocycles. The van der Waals surface area contributed by atoms with Crippen LogP contribution in [0.3, 0.4) is 0 Å². The van der Waals surface area contributed by atoms with Crippen LogP contribution in [0.1, 0.15) is 25.8 Å². The highest BCUT2D eigenvalue weighted by molar-refractivity contribution is 5.94. The van der Waals surface area contributed by atoms with E-state index in [2.05, 4.69) is 5.32 Å². The van der Waals surface area contributed by atoms with E-state index in [1.165, 1.54) is 12.3 Å². The molecular weight excluding hydrogens is 388 g/mol. The maximum absolute atomic E-state index is 15.4. The van der Waals surface area contributed by atoms with Crippen molar-refractivity contribution in [1.82, 2.24) is 4.57 Å². The Morgan fingerprint density at radius 3 is 2.57 bits per heavy atom. The number of fused-ring (bicyclic) bond motifs is 1. The summed E-state index contributed by atoms with van der Waals surface area (Å²) in [5.74, 6) is -1.75. The summed E-state index contributed by atoms with van der Waals surface area (Å²) in [4.78, 5) is 12.3. The maximum Gasteiger partial charge on any atom is 0.191 e. The van der Waals surface area contributed by atoms with Gasteiger partial charge in [-0.25, -0.2) is 8.78 Å². The van der Waals surface area contributed by atoms with E-state index < -0.39 is 17.1 Å². The number of aryl methyl sites for hydroxylation is 2. The molecule has 1 aromatic heterocycles. The number of aromatic nitrogens is 1. The normalized spacial score (nSPS) is 11.4. The van der Waals surface area contributed by atoms with Gasteiger partial charge in [-0.15, -0.1) is 0 Å². The molecule has 0 radical (unpaired) electrons. The number of nitrogens with zero attached hydrogens (tertiary/aromatic N) is 1. The van der Waals surface area contributed by atoms with E-state index in [0.717, 1.165) is 5.56 Å². The molecule has 0 spiro atoms. The van der Waals surface area contributed by atoms with Gasteiger partial charge in [-0.05, 0) is 32.3 Å². The lowest BCUT2D eigenvalue weighted by molar-refractivity contribution is 0.0787. The summed E-state index contributed by atoms with van der Waals surface area (Å²) in [6.45, 7) is 5.05. The monoisotopic (exact) mass is 415 g/mol. The standard InChI is InChI=1S/C23H27F2N3O2/c1-15(2)30-14-6-11-27-22-19(24)21(26)18-17(29)10-13-28(23(18)20(22)25)12-9-16-7-4-3-5-8-16/h3-5,7-8,10,13,15,27H,6,9,11-12,14,26H2,1-2H3. The van der Waals surface area contributed by atoms with Gasteiger partial charge in [-0.1, -0.05) is 30.3 Å². The third kappa shape index (κ3) is 4.79. The number of hydrogen-bond acceptors (Lipinski definition) is 4. The van der Waals surface area contributed by atoms with Crippen LogP contribution in [0.15, 0.2) is 47.4 Å². The quantitative estimate of drug-likeness (QED) is 0.403. The molecule has 0 fully saturated rings. The molecule has 0 unspecified atom stereocenters. The second-order valence-corrected chi connectivity index (χ2v) is 7.45. The third-order valence-electron chi connectivity index (χ3n) is 4.89. The number of anilines is 2. The summed E-state index contributed by atoms with van der Waals surface area (Å²) in [5.41, 5.74) is 5.84. The second kappa shape index (κ2) is 9.71. The highest BCUT2D eigenvalue weighted by Gasteiger charge is 2.22. The van der Waals surface area contributed by atoms with Gasteiger partial charge in [0.05, 0.1) is 22.7 Å². The molecule has 160 valence electrons. The topological polar surface area (TPSA) is 69.3 Å². The van der Waals surface area contributed by atoms with Crippen molar-refractivity contribution >= 4 is 22.3 Å². The van der Waals surface area contributed by atoms with Crippen LogP contribution < -0.4 is 16.5 Å². The first-order valence-corrected chi connectivity index (χ1v) is 10.1. The molecule has 0 aliphatic rings. The lowest BCUT2D eigenvalue weighted by atomic mass is 10.1.